The van der Waals surface area contributed by atoms with Crippen LogP contribution in [0, 0.1) is 0 Å². The summed E-state index contributed by atoms with van der Waals surface area (Å²) in [4.78, 5) is 0.206. The molecule has 1 aromatic rings. The molecule has 1 aromatic carbocycles. The highest BCUT2D eigenvalue weighted by Crippen LogP contribution is 2.20. The Labute approximate surface area is 90.2 Å². The quantitative estimate of drug-likeness (QED) is 0.737. The maximum absolute atomic E-state index is 11.4. The highest BCUT2D eigenvalue weighted by molar-refractivity contribution is 7.90. The molecule has 0 aliphatic carbocycles. The molecular formula is C10H16N2O2S. The van der Waals surface area contributed by atoms with Gasteiger partial charge in [-0.2, -0.15) is 0 Å². The summed E-state index contributed by atoms with van der Waals surface area (Å²) in [6.45, 7) is 0.596. The van der Waals surface area contributed by atoms with Crippen molar-refractivity contribution in [1.29, 1.82) is 0 Å². The molecule has 0 aromatic heterocycles. The van der Waals surface area contributed by atoms with Crippen molar-refractivity contribution in [2.24, 2.45) is 5.73 Å². The molecule has 0 spiro atoms. The average molecular weight is 228 g/mol. The largest absolute Gasteiger partial charge is 0.398 e. The van der Waals surface area contributed by atoms with E-state index in [1.54, 1.807) is 12.1 Å². The summed E-state index contributed by atoms with van der Waals surface area (Å²) in [5.41, 5.74) is 12.2. The van der Waals surface area contributed by atoms with Crippen molar-refractivity contribution in [2.45, 2.75) is 17.7 Å². The van der Waals surface area contributed by atoms with Crippen LogP contribution in [-0.2, 0) is 16.3 Å². The van der Waals surface area contributed by atoms with Crippen molar-refractivity contribution in [1.82, 2.24) is 0 Å². The molecule has 0 heterocycles. The van der Waals surface area contributed by atoms with Gasteiger partial charge in [0.2, 0.25) is 0 Å². The third-order valence-electron chi connectivity index (χ3n) is 2.15. The summed E-state index contributed by atoms with van der Waals surface area (Å²) in [6, 6.07) is 5.09. The summed E-state index contributed by atoms with van der Waals surface area (Å²) in [6.07, 6.45) is 2.78. The van der Waals surface area contributed by atoms with Crippen LogP contribution in [0.1, 0.15) is 12.0 Å². The van der Waals surface area contributed by atoms with Crippen LogP contribution in [0.15, 0.2) is 23.1 Å². The third-order valence-corrected chi connectivity index (χ3v) is 3.30. The first-order chi connectivity index (χ1) is 6.95. The molecule has 0 saturated heterocycles. The first-order valence-electron chi connectivity index (χ1n) is 4.73. The molecule has 0 saturated carbocycles. The van der Waals surface area contributed by atoms with E-state index in [1.807, 2.05) is 6.07 Å². The number of aryl methyl sites for hydroxylation is 1. The topological polar surface area (TPSA) is 86.2 Å². The molecule has 0 atom stereocenters. The second-order valence-corrected chi connectivity index (χ2v) is 5.52. The van der Waals surface area contributed by atoms with Crippen LogP contribution in [0.5, 0.6) is 0 Å². The SMILES string of the molecule is CS(=O)(=O)c1cc(CCCN)ccc1N. The van der Waals surface area contributed by atoms with Gasteiger partial charge in [-0.3, -0.25) is 0 Å². The number of nitrogen functional groups attached to an aromatic ring is 1. The van der Waals surface area contributed by atoms with Gasteiger partial charge < -0.3 is 11.5 Å². The Morgan fingerprint density at radius 3 is 2.53 bits per heavy atom. The van der Waals surface area contributed by atoms with Crippen molar-refractivity contribution in [3.05, 3.63) is 23.8 Å². The van der Waals surface area contributed by atoms with E-state index < -0.39 is 9.84 Å². The number of hydrogen-bond donors (Lipinski definition) is 2. The van der Waals surface area contributed by atoms with Gasteiger partial charge in [0.25, 0.3) is 0 Å². The van der Waals surface area contributed by atoms with E-state index in [4.69, 9.17) is 11.5 Å². The van der Waals surface area contributed by atoms with Gasteiger partial charge in [-0.25, -0.2) is 8.42 Å². The normalized spacial score (nSPS) is 11.6. The van der Waals surface area contributed by atoms with E-state index in [0.717, 1.165) is 24.7 Å². The van der Waals surface area contributed by atoms with E-state index >= 15 is 0 Å². The van der Waals surface area contributed by atoms with Crippen molar-refractivity contribution in [2.75, 3.05) is 18.5 Å². The second-order valence-electron chi connectivity index (χ2n) is 3.54. The van der Waals surface area contributed by atoms with Crippen molar-refractivity contribution in [3.8, 4) is 0 Å². The lowest BCUT2D eigenvalue weighted by molar-refractivity contribution is 0.602. The standard InChI is InChI=1S/C10H16N2O2S/c1-15(13,14)10-7-8(3-2-6-11)4-5-9(10)12/h4-5,7H,2-3,6,11-12H2,1H3. The van der Waals surface area contributed by atoms with Gasteiger partial charge in [0.05, 0.1) is 10.6 Å². The minimum absolute atomic E-state index is 0.206. The lowest BCUT2D eigenvalue weighted by atomic mass is 10.1. The zero-order chi connectivity index (χ0) is 11.5. The molecule has 0 amide bonds. The Hall–Kier alpha value is -1.07. The highest BCUT2D eigenvalue weighted by Gasteiger charge is 2.11. The summed E-state index contributed by atoms with van der Waals surface area (Å²) in [5, 5.41) is 0. The van der Waals surface area contributed by atoms with Crippen molar-refractivity contribution in [3.63, 3.8) is 0 Å². The maximum atomic E-state index is 11.4. The van der Waals surface area contributed by atoms with Crippen molar-refractivity contribution >= 4 is 15.5 Å². The van der Waals surface area contributed by atoms with Crippen LogP contribution < -0.4 is 11.5 Å². The Bertz CT molecular complexity index is 441. The van der Waals surface area contributed by atoms with Crippen LogP contribution in [-0.4, -0.2) is 21.2 Å². The fourth-order valence-electron chi connectivity index (χ4n) is 1.36. The van der Waals surface area contributed by atoms with Crippen LogP contribution in [0.25, 0.3) is 0 Å². The highest BCUT2D eigenvalue weighted by atomic mass is 32.2. The van der Waals surface area contributed by atoms with Gasteiger partial charge in [0.15, 0.2) is 9.84 Å². The Morgan fingerprint density at radius 2 is 2.00 bits per heavy atom. The first-order valence-corrected chi connectivity index (χ1v) is 6.63. The molecule has 0 bridgehead atoms. The van der Waals surface area contributed by atoms with Crippen LogP contribution in [0.4, 0.5) is 5.69 Å². The van der Waals surface area contributed by atoms with E-state index in [1.165, 1.54) is 0 Å². The Morgan fingerprint density at radius 1 is 1.33 bits per heavy atom. The fourth-order valence-corrected chi connectivity index (χ4v) is 2.22. The van der Waals surface area contributed by atoms with Gasteiger partial charge in [-0.05, 0) is 37.1 Å². The number of benzene rings is 1. The monoisotopic (exact) mass is 228 g/mol. The molecule has 0 aliphatic heterocycles. The molecule has 0 fully saturated rings. The predicted octanol–water partition coefficient (Wildman–Crippen LogP) is 0.564. The van der Waals surface area contributed by atoms with Crippen LogP contribution in [0.3, 0.4) is 0 Å². The predicted molar refractivity (Wildman–Crippen MR) is 61.3 cm³/mol. The van der Waals surface area contributed by atoms with E-state index in [-0.39, 0.29) is 4.90 Å². The van der Waals surface area contributed by atoms with E-state index in [9.17, 15) is 8.42 Å². The smallest absolute Gasteiger partial charge is 0.177 e. The molecule has 15 heavy (non-hydrogen) atoms. The van der Waals surface area contributed by atoms with Gasteiger partial charge in [-0.1, -0.05) is 6.07 Å². The third kappa shape index (κ3) is 3.21. The van der Waals surface area contributed by atoms with Crippen LogP contribution in [0.2, 0.25) is 0 Å². The van der Waals surface area contributed by atoms with Gasteiger partial charge >= 0.3 is 0 Å². The molecule has 0 aliphatic rings. The lowest BCUT2D eigenvalue weighted by Crippen LogP contribution is -2.05. The summed E-state index contributed by atoms with van der Waals surface area (Å²) >= 11 is 0. The molecule has 0 unspecified atom stereocenters. The molecular weight excluding hydrogens is 212 g/mol. The van der Waals surface area contributed by atoms with Crippen LogP contribution >= 0.6 is 0 Å². The molecule has 0 radical (unpaired) electrons. The average Bonchev–Trinajstić information content (AvgIpc) is 2.15. The van der Waals surface area contributed by atoms with E-state index in [0.29, 0.717) is 12.2 Å². The molecule has 84 valence electrons. The first kappa shape index (κ1) is 12.0. The van der Waals surface area contributed by atoms with Gasteiger partial charge in [0, 0.05) is 6.26 Å². The zero-order valence-electron chi connectivity index (χ0n) is 8.73. The Kier molecular flexibility index (Phi) is 3.71. The van der Waals surface area contributed by atoms with Crippen molar-refractivity contribution < 1.29 is 8.42 Å². The lowest BCUT2D eigenvalue weighted by Gasteiger charge is -2.06. The zero-order valence-corrected chi connectivity index (χ0v) is 9.55. The molecule has 1 rings (SSSR count). The van der Waals surface area contributed by atoms with E-state index in [2.05, 4.69) is 0 Å². The van der Waals surface area contributed by atoms with Gasteiger partial charge in [-0.15, -0.1) is 0 Å². The Balaban J connectivity index is 3.06. The number of sulfone groups is 1. The molecule has 4 nitrogen and oxygen atoms in total. The minimum Gasteiger partial charge on any atom is -0.398 e. The molecule has 4 N–H and O–H groups in total. The number of anilines is 1. The second kappa shape index (κ2) is 4.63. The number of nitrogens with two attached hydrogens (primary N) is 2. The number of hydrogen-bond acceptors (Lipinski definition) is 4. The minimum atomic E-state index is -3.24. The summed E-state index contributed by atoms with van der Waals surface area (Å²) in [7, 11) is -3.24. The van der Waals surface area contributed by atoms with Gasteiger partial charge in [0.1, 0.15) is 0 Å². The maximum Gasteiger partial charge on any atom is 0.177 e. The molecule has 5 heteroatoms. The summed E-state index contributed by atoms with van der Waals surface area (Å²) < 4.78 is 22.8. The fraction of sp³-hybridized carbons (Fsp3) is 0.400. The number of rotatable bonds is 4. The summed E-state index contributed by atoms with van der Waals surface area (Å²) in [5.74, 6) is 0.